The molecule has 2 bridgehead atoms. The van der Waals surface area contributed by atoms with Crippen LogP contribution >= 0.6 is 11.6 Å². The van der Waals surface area contributed by atoms with Crippen LogP contribution in [0.1, 0.15) is 39.5 Å². The fraction of sp³-hybridized carbons (Fsp3) is 0.579. The number of hydrogen-bond donors (Lipinski definition) is 1. The summed E-state index contributed by atoms with van der Waals surface area (Å²) in [4.78, 5) is 28.3. The van der Waals surface area contributed by atoms with Gasteiger partial charge in [-0.3, -0.25) is 9.59 Å². The average Bonchev–Trinajstić information content (AvgIpc) is 3.05. The van der Waals surface area contributed by atoms with Crippen LogP contribution in [0.5, 0.6) is 5.88 Å². The van der Waals surface area contributed by atoms with Crippen LogP contribution in [0.25, 0.3) is 5.52 Å². The second-order valence-corrected chi connectivity index (χ2v) is 7.75. The number of nitrogens with zero attached hydrogens (tertiary/aromatic N) is 3. The van der Waals surface area contributed by atoms with E-state index in [0.29, 0.717) is 29.8 Å². The average molecular weight is 407 g/mol. The van der Waals surface area contributed by atoms with E-state index in [-0.39, 0.29) is 29.1 Å². The van der Waals surface area contributed by atoms with E-state index < -0.39 is 5.97 Å². The Balaban J connectivity index is 1.69. The molecule has 28 heavy (non-hydrogen) atoms. The van der Waals surface area contributed by atoms with Crippen LogP contribution < -0.4 is 10.1 Å². The maximum atomic E-state index is 12.7. The normalized spacial score (nSPS) is 26.2. The Morgan fingerprint density at radius 2 is 1.96 bits per heavy atom. The van der Waals surface area contributed by atoms with Gasteiger partial charge >= 0.3 is 11.9 Å². The first-order valence-electron chi connectivity index (χ1n) is 9.64. The van der Waals surface area contributed by atoms with Crippen LogP contribution in [0.3, 0.4) is 0 Å². The first-order chi connectivity index (χ1) is 13.5. The van der Waals surface area contributed by atoms with Crippen LogP contribution in [0.2, 0.25) is 5.28 Å². The lowest BCUT2D eigenvalue weighted by Crippen LogP contribution is -2.52. The van der Waals surface area contributed by atoms with Crippen molar-refractivity contribution in [2.75, 3.05) is 11.9 Å². The molecule has 0 aromatic carbocycles. The molecular formula is C19H23ClN4O4. The lowest BCUT2D eigenvalue weighted by Gasteiger charge is -2.47. The fourth-order valence-corrected chi connectivity index (χ4v) is 4.83. The molecule has 0 aliphatic heterocycles. The molecule has 9 heteroatoms. The molecular weight excluding hydrogens is 384 g/mol. The van der Waals surface area contributed by atoms with Crippen molar-refractivity contribution in [1.82, 2.24) is 14.6 Å². The van der Waals surface area contributed by atoms with Crippen molar-refractivity contribution in [2.45, 2.75) is 45.6 Å². The van der Waals surface area contributed by atoms with E-state index in [2.05, 4.69) is 15.4 Å². The van der Waals surface area contributed by atoms with Crippen LogP contribution in [-0.4, -0.2) is 39.2 Å². The summed E-state index contributed by atoms with van der Waals surface area (Å²) in [5.74, 6) is 0.670. The third-order valence-corrected chi connectivity index (χ3v) is 5.94. The van der Waals surface area contributed by atoms with Crippen molar-refractivity contribution < 1.29 is 19.1 Å². The van der Waals surface area contributed by atoms with E-state index in [1.54, 1.807) is 12.1 Å². The van der Waals surface area contributed by atoms with E-state index in [1.165, 1.54) is 11.4 Å². The van der Waals surface area contributed by atoms with E-state index in [1.807, 2.05) is 6.92 Å². The maximum absolute atomic E-state index is 12.7. The number of esters is 2. The Kier molecular flexibility index (Phi) is 5.14. The minimum absolute atomic E-state index is 0.0215. The highest BCUT2D eigenvalue weighted by atomic mass is 35.5. The second-order valence-electron chi connectivity index (χ2n) is 7.41. The number of nitrogens with one attached hydrogen (secondary N) is 1. The molecule has 0 unspecified atom stereocenters. The van der Waals surface area contributed by atoms with Crippen molar-refractivity contribution in [3.8, 4) is 5.88 Å². The zero-order chi connectivity index (χ0) is 19.8. The SMILES string of the molecule is CCOC(=O)[C@H]1[C@H]2CC[C@H](CC2)[C@@H]1Nc1nc(Cl)nn2c(OC(C)=O)ccc12. The molecule has 1 N–H and O–H groups in total. The van der Waals surface area contributed by atoms with Gasteiger partial charge in [-0.25, -0.2) is 0 Å². The fourth-order valence-electron chi connectivity index (χ4n) is 4.67. The summed E-state index contributed by atoms with van der Waals surface area (Å²) in [5.41, 5.74) is 0.629. The highest BCUT2D eigenvalue weighted by Gasteiger charge is 2.48. The molecule has 2 aromatic rings. The number of carbonyl (C=O) groups is 2. The van der Waals surface area contributed by atoms with Crippen molar-refractivity contribution in [2.24, 2.45) is 17.8 Å². The Hall–Kier alpha value is -2.35. The van der Waals surface area contributed by atoms with Crippen LogP contribution in [0, 0.1) is 17.8 Å². The van der Waals surface area contributed by atoms with Gasteiger partial charge in [-0.05, 0) is 62.1 Å². The summed E-state index contributed by atoms with van der Waals surface area (Å²) < 4.78 is 12.0. The number of aromatic nitrogens is 3. The Morgan fingerprint density at radius 3 is 2.64 bits per heavy atom. The van der Waals surface area contributed by atoms with Crippen molar-refractivity contribution in [1.29, 1.82) is 0 Å². The quantitative estimate of drug-likeness (QED) is 0.762. The lowest BCUT2D eigenvalue weighted by atomic mass is 9.61. The number of carbonyl (C=O) groups excluding carboxylic acids is 2. The minimum atomic E-state index is -0.448. The molecule has 0 spiro atoms. The van der Waals surface area contributed by atoms with Gasteiger partial charge in [0.05, 0.1) is 12.5 Å². The molecule has 0 amide bonds. The smallest absolute Gasteiger partial charge is 0.311 e. The monoisotopic (exact) mass is 406 g/mol. The third kappa shape index (κ3) is 3.41. The summed E-state index contributed by atoms with van der Waals surface area (Å²) in [6, 6.07) is 3.33. The maximum Gasteiger partial charge on any atom is 0.311 e. The summed E-state index contributed by atoms with van der Waals surface area (Å²) in [7, 11) is 0. The minimum Gasteiger partial charge on any atom is -0.466 e. The van der Waals surface area contributed by atoms with E-state index in [9.17, 15) is 9.59 Å². The molecule has 3 aliphatic rings. The largest absolute Gasteiger partial charge is 0.466 e. The molecule has 2 heterocycles. The van der Waals surface area contributed by atoms with E-state index in [0.717, 1.165) is 25.7 Å². The zero-order valence-electron chi connectivity index (χ0n) is 15.9. The van der Waals surface area contributed by atoms with Gasteiger partial charge in [0.15, 0.2) is 5.82 Å². The van der Waals surface area contributed by atoms with Gasteiger partial charge in [-0.1, -0.05) is 0 Å². The van der Waals surface area contributed by atoms with Gasteiger partial charge in [-0.2, -0.15) is 9.50 Å². The summed E-state index contributed by atoms with van der Waals surface area (Å²) in [6.45, 7) is 3.52. The molecule has 3 saturated carbocycles. The topological polar surface area (TPSA) is 94.8 Å². The predicted molar refractivity (Wildman–Crippen MR) is 102 cm³/mol. The predicted octanol–water partition coefficient (Wildman–Crippen LogP) is 3.09. The number of anilines is 1. The second kappa shape index (κ2) is 7.58. The van der Waals surface area contributed by atoms with Gasteiger partial charge in [0.2, 0.25) is 11.2 Å². The molecule has 2 aromatic heterocycles. The molecule has 8 nitrogen and oxygen atoms in total. The number of fused-ring (bicyclic) bond motifs is 4. The number of halogens is 1. The molecule has 0 radical (unpaired) electrons. The first-order valence-corrected chi connectivity index (χ1v) is 10.0. The van der Waals surface area contributed by atoms with Crippen LogP contribution in [0.4, 0.5) is 5.82 Å². The molecule has 0 saturated heterocycles. The number of ether oxygens (including phenoxy) is 2. The van der Waals surface area contributed by atoms with Gasteiger partial charge < -0.3 is 14.8 Å². The first kappa shape index (κ1) is 19.0. The number of rotatable bonds is 5. The summed E-state index contributed by atoms with van der Waals surface area (Å²) in [6.07, 6.45) is 4.25. The molecule has 3 aliphatic carbocycles. The van der Waals surface area contributed by atoms with Crippen molar-refractivity contribution >= 4 is 34.9 Å². The van der Waals surface area contributed by atoms with Gasteiger partial charge in [0.25, 0.3) is 0 Å². The molecule has 150 valence electrons. The highest BCUT2D eigenvalue weighted by Crippen LogP contribution is 2.47. The van der Waals surface area contributed by atoms with Gasteiger partial charge in [0.1, 0.15) is 5.52 Å². The van der Waals surface area contributed by atoms with Crippen LogP contribution in [-0.2, 0) is 14.3 Å². The Morgan fingerprint density at radius 1 is 1.25 bits per heavy atom. The number of hydrogen-bond acceptors (Lipinski definition) is 7. The Labute approximate surface area is 167 Å². The van der Waals surface area contributed by atoms with Gasteiger partial charge in [-0.15, -0.1) is 5.10 Å². The third-order valence-electron chi connectivity index (χ3n) is 5.78. The molecule has 3 fully saturated rings. The van der Waals surface area contributed by atoms with Crippen molar-refractivity contribution in [3.05, 3.63) is 17.4 Å². The summed E-state index contributed by atoms with van der Waals surface area (Å²) in [5, 5.41) is 7.61. The Bertz CT molecular complexity index is 907. The highest BCUT2D eigenvalue weighted by molar-refractivity contribution is 6.28. The van der Waals surface area contributed by atoms with Crippen molar-refractivity contribution in [3.63, 3.8) is 0 Å². The lowest BCUT2D eigenvalue weighted by molar-refractivity contribution is -0.154. The van der Waals surface area contributed by atoms with E-state index >= 15 is 0 Å². The standard InChI is InChI=1S/C19H23ClN4O4/c1-3-27-18(26)15-11-4-6-12(7-5-11)16(15)21-17-13-8-9-14(28-10(2)25)24(13)23-19(20)22-17/h8-9,11-12,15-16H,3-7H2,1-2H3,(H,21,22,23)/t11-,12+,15-,16-/m0/s1. The van der Waals surface area contributed by atoms with E-state index in [4.69, 9.17) is 21.1 Å². The zero-order valence-corrected chi connectivity index (χ0v) is 16.6. The molecule has 5 rings (SSSR count). The molecule has 2 atom stereocenters. The van der Waals surface area contributed by atoms with Gasteiger partial charge in [0, 0.05) is 19.0 Å². The van der Waals surface area contributed by atoms with Crippen LogP contribution in [0.15, 0.2) is 12.1 Å². The summed E-state index contributed by atoms with van der Waals surface area (Å²) >= 11 is 6.12.